The Hall–Kier alpha value is -1.59. The molecule has 1 saturated carbocycles. The number of rotatable bonds is 5. The van der Waals surface area contributed by atoms with Gasteiger partial charge in [-0.2, -0.15) is 0 Å². The molecule has 3 rings (SSSR count). The van der Waals surface area contributed by atoms with Crippen molar-refractivity contribution < 1.29 is 9.90 Å². The molecule has 2 aliphatic rings. The monoisotopic (exact) mass is 331 g/mol. The second-order valence-electron chi connectivity index (χ2n) is 7.49. The second-order valence-corrected chi connectivity index (χ2v) is 7.49. The quantitative estimate of drug-likeness (QED) is 0.870. The Labute approximate surface area is 144 Å². The normalized spacial score (nSPS) is 21.4. The summed E-state index contributed by atoms with van der Waals surface area (Å²) in [5.41, 5.74) is 1.01. The van der Waals surface area contributed by atoms with Gasteiger partial charge in [0, 0.05) is 45.2 Å². The number of hydrogen-bond acceptors (Lipinski definition) is 3. The van der Waals surface area contributed by atoms with Crippen molar-refractivity contribution in [1.82, 2.24) is 15.1 Å². The molecule has 1 atom stereocenters. The molecule has 1 aromatic carbocycles. The lowest BCUT2D eigenvalue weighted by molar-refractivity contribution is 0.0870. The lowest BCUT2D eigenvalue weighted by atomic mass is 9.92. The third-order valence-corrected chi connectivity index (χ3v) is 5.48. The van der Waals surface area contributed by atoms with Crippen molar-refractivity contribution in [2.45, 2.75) is 37.8 Å². The van der Waals surface area contributed by atoms with Gasteiger partial charge in [-0.3, -0.25) is 0 Å². The van der Waals surface area contributed by atoms with E-state index in [1.807, 2.05) is 35.2 Å². The molecule has 1 unspecified atom stereocenters. The van der Waals surface area contributed by atoms with Gasteiger partial charge in [-0.25, -0.2) is 4.79 Å². The zero-order valence-electron chi connectivity index (χ0n) is 14.7. The predicted molar refractivity (Wildman–Crippen MR) is 94.7 cm³/mol. The molecule has 1 saturated heterocycles. The summed E-state index contributed by atoms with van der Waals surface area (Å²) < 4.78 is 0. The maximum Gasteiger partial charge on any atom is 0.319 e. The van der Waals surface area contributed by atoms with Crippen LogP contribution in [-0.2, 0) is 0 Å². The number of urea groups is 1. The number of benzene rings is 1. The molecule has 2 fully saturated rings. The minimum atomic E-state index is -0.387. The Morgan fingerprint density at radius 1 is 1.29 bits per heavy atom. The summed E-state index contributed by atoms with van der Waals surface area (Å²) in [6.07, 6.45) is 3.73. The van der Waals surface area contributed by atoms with Crippen LogP contribution < -0.4 is 5.32 Å². The highest BCUT2D eigenvalue weighted by Gasteiger charge is 2.49. The van der Waals surface area contributed by atoms with E-state index in [-0.39, 0.29) is 17.6 Å². The largest absolute Gasteiger partial charge is 0.388 e. The second kappa shape index (κ2) is 7.11. The topological polar surface area (TPSA) is 55.8 Å². The summed E-state index contributed by atoms with van der Waals surface area (Å²) in [6.45, 7) is 2.47. The van der Waals surface area contributed by atoms with Crippen LogP contribution in [0, 0.1) is 5.41 Å². The molecule has 5 nitrogen and oxygen atoms in total. The number of amides is 2. The molecule has 2 N–H and O–H groups in total. The molecule has 132 valence electrons. The van der Waals surface area contributed by atoms with Gasteiger partial charge in [0.1, 0.15) is 0 Å². The summed E-state index contributed by atoms with van der Waals surface area (Å²) in [7, 11) is 3.60. The SMILES string of the molecule is CN(C)C(=O)N1CCC(NCC2(C(O)c3ccccc3)CC2)CC1. The number of carbonyl (C=O) groups excluding carboxylic acids is 1. The first kappa shape index (κ1) is 17.2. The first-order valence-electron chi connectivity index (χ1n) is 8.94. The lowest BCUT2D eigenvalue weighted by Gasteiger charge is -2.35. The summed E-state index contributed by atoms with van der Waals surface area (Å²) >= 11 is 0. The first-order valence-corrected chi connectivity index (χ1v) is 8.94. The van der Waals surface area contributed by atoms with E-state index in [4.69, 9.17) is 0 Å². The first-order chi connectivity index (χ1) is 11.5. The lowest BCUT2D eigenvalue weighted by Crippen LogP contribution is -2.49. The molecule has 0 bridgehead atoms. The fourth-order valence-corrected chi connectivity index (χ4v) is 3.60. The van der Waals surface area contributed by atoms with Crippen LogP contribution in [0.1, 0.15) is 37.4 Å². The molecule has 0 radical (unpaired) electrons. The summed E-state index contributed by atoms with van der Waals surface area (Å²) in [6, 6.07) is 10.5. The predicted octanol–water partition coefficient (Wildman–Crippen LogP) is 2.24. The number of likely N-dealkylation sites (tertiary alicyclic amines) is 1. The van der Waals surface area contributed by atoms with Gasteiger partial charge < -0.3 is 20.2 Å². The number of piperidine rings is 1. The van der Waals surface area contributed by atoms with Crippen LogP contribution in [-0.4, -0.2) is 60.7 Å². The van der Waals surface area contributed by atoms with E-state index in [0.29, 0.717) is 6.04 Å². The van der Waals surface area contributed by atoms with Crippen LogP contribution in [0.25, 0.3) is 0 Å². The molecule has 0 aromatic heterocycles. The van der Waals surface area contributed by atoms with Crippen LogP contribution in [0.5, 0.6) is 0 Å². The highest BCUT2D eigenvalue weighted by Crippen LogP contribution is 2.54. The average molecular weight is 331 g/mol. The number of aliphatic hydroxyl groups is 1. The van der Waals surface area contributed by atoms with Gasteiger partial charge in [0.25, 0.3) is 0 Å². The highest BCUT2D eigenvalue weighted by atomic mass is 16.3. The number of hydrogen-bond donors (Lipinski definition) is 2. The summed E-state index contributed by atoms with van der Waals surface area (Å²) in [5, 5.41) is 14.4. The van der Waals surface area contributed by atoms with Gasteiger partial charge in [0.2, 0.25) is 0 Å². The van der Waals surface area contributed by atoms with Gasteiger partial charge in [-0.15, -0.1) is 0 Å². The van der Waals surface area contributed by atoms with Crippen molar-refractivity contribution in [3.8, 4) is 0 Å². The van der Waals surface area contributed by atoms with Crippen molar-refractivity contribution in [2.75, 3.05) is 33.7 Å². The summed E-state index contributed by atoms with van der Waals surface area (Å²) in [4.78, 5) is 15.5. The standard InChI is InChI=1S/C19H29N3O2/c1-21(2)18(24)22-12-8-16(9-13-22)20-14-19(10-11-19)17(23)15-6-4-3-5-7-15/h3-7,16-17,20,23H,8-14H2,1-2H3. The fourth-order valence-electron chi connectivity index (χ4n) is 3.60. The fraction of sp³-hybridized carbons (Fsp3) is 0.632. The van der Waals surface area contributed by atoms with Crippen molar-refractivity contribution in [3.05, 3.63) is 35.9 Å². The van der Waals surface area contributed by atoms with Crippen LogP contribution >= 0.6 is 0 Å². The van der Waals surface area contributed by atoms with Gasteiger partial charge >= 0.3 is 6.03 Å². The Kier molecular flexibility index (Phi) is 5.11. The van der Waals surface area contributed by atoms with Crippen molar-refractivity contribution in [2.24, 2.45) is 5.41 Å². The number of nitrogens with one attached hydrogen (secondary N) is 1. The van der Waals surface area contributed by atoms with E-state index in [0.717, 1.165) is 50.9 Å². The Morgan fingerprint density at radius 3 is 2.46 bits per heavy atom. The minimum Gasteiger partial charge on any atom is -0.388 e. The van der Waals surface area contributed by atoms with E-state index >= 15 is 0 Å². The Bertz CT molecular complexity index is 549. The van der Waals surface area contributed by atoms with Crippen molar-refractivity contribution in [1.29, 1.82) is 0 Å². The zero-order valence-corrected chi connectivity index (χ0v) is 14.7. The summed E-state index contributed by atoms with van der Waals surface area (Å²) in [5.74, 6) is 0. The van der Waals surface area contributed by atoms with E-state index in [9.17, 15) is 9.90 Å². The molecule has 1 heterocycles. The number of nitrogens with zero attached hydrogens (tertiary/aromatic N) is 2. The van der Waals surface area contributed by atoms with E-state index < -0.39 is 0 Å². The molecule has 1 aliphatic heterocycles. The van der Waals surface area contributed by atoms with Gasteiger partial charge in [0.05, 0.1) is 6.10 Å². The smallest absolute Gasteiger partial charge is 0.319 e. The van der Waals surface area contributed by atoms with Crippen molar-refractivity contribution in [3.63, 3.8) is 0 Å². The Balaban J connectivity index is 1.48. The third kappa shape index (κ3) is 3.73. The van der Waals surface area contributed by atoms with E-state index in [1.165, 1.54) is 0 Å². The van der Waals surface area contributed by atoms with Gasteiger partial charge in [-0.05, 0) is 31.2 Å². The van der Waals surface area contributed by atoms with Crippen LogP contribution in [0.15, 0.2) is 30.3 Å². The van der Waals surface area contributed by atoms with Crippen molar-refractivity contribution >= 4 is 6.03 Å². The maximum atomic E-state index is 12.0. The third-order valence-electron chi connectivity index (χ3n) is 5.48. The maximum absolute atomic E-state index is 12.0. The molecule has 0 spiro atoms. The Morgan fingerprint density at radius 2 is 1.92 bits per heavy atom. The zero-order chi connectivity index (χ0) is 17.2. The molecular weight excluding hydrogens is 302 g/mol. The minimum absolute atomic E-state index is 0.00204. The van der Waals surface area contributed by atoms with E-state index in [1.54, 1.807) is 19.0 Å². The molecule has 1 aromatic rings. The average Bonchev–Trinajstić information content (AvgIpc) is 3.41. The molecular formula is C19H29N3O2. The molecule has 1 aliphatic carbocycles. The molecule has 5 heteroatoms. The van der Waals surface area contributed by atoms with Gasteiger partial charge in [0.15, 0.2) is 0 Å². The van der Waals surface area contributed by atoms with E-state index in [2.05, 4.69) is 5.32 Å². The van der Waals surface area contributed by atoms with Crippen LogP contribution in [0.2, 0.25) is 0 Å². The number of aliphatic hydroxyl groups excluding tert-OH is 1. The van der Waals surface area contributed by atoms with Gasteiger partial charge in [-0.1, -0.05) is 30.3 Å². The molecule has 2 amide bonds. The number of carbonyl (C=O) groups is 1. The van der Waals surface area contributed by atoms with Crippen LogP contribution in [0.4, 0.5) is 4.79 Å². The highest BCUT2D eigenvalue weighted by molar-refractivity contribution is 5.73. The molecule has 24 heavy (non-hydrogen) atoms. The van der Waals surface area contributed by atoms with Crippen LogP contribution in [0.3, 0.4) is 0 Å².